The minimum Gasteiger partial charge on any atom is -0.458 e. The Morgan fingerprint density at radius 3 is 1.97 bits per heavy atom. The molecule has 3 aromatic rings. The van der Waals surface area contributed by atoms with E-state index in [1.165, 1.54) is 0 Å². The summed E-state index contributed by atoms with van der Waals surface area (Å²) in [5.74, 6) is -0.356. The highest BCUT2D eigenvalue weighted by molar-refractivity contribution is 6.32. The van der Waals surface area contributed by atoms with E-state index < -0.39 is 11.6 Å². The highest BCUT2D eigenvalue weighted by atomic mass is 35.5. The maximum absolute atomic E-state index is 13.1. The summed E-state index contributed by atoms with van der Waals surface area (Å²) in [5, 5.41) is 0.662. The summed E-state index contributed by atoms with van der Waals surface area (Å²) in [4.78, 5) is 18.0. The van der Waals surface area contributed by atoms with Crippen molar-refractivity contribution in [3.8, 4) is 0 Å². The molecule has 0 aliphatic heterocycles. The van der Waals surface area contributed by atoms with Crippen molar-refractivity contribution >= 4 is 29.4 Å². The van der Waals surface area contributed by atoms with Crippen LogP contribution in [-0.2, 0) is 9.53 Å². The summed E-state index contributed by atoms with van der Waals surface area (Å²) in [7, 11) is 0. The van der Waals surface area contributed by atoms with Crippen molar-refractivity contribution in [2.75, 3.05) is 0 Å². The molecule has 0 aliphatic rings. The molecule has 0 spiro atoms. The van der Waals surface area contributed by atoms with Gasteiger partial charge in [0, 0.05) is 16.1 Å². The van der Waals surface area contributed by atoms with E-state index in [1.807, 2.05) is 118 Å². The summed E-state index contributed by atoms with van der Waals surface area (Å²) >= 11 is 6.26. The van der Waals surface area contributed by atoms with Crippen LogP contribution in [-0.4, -0.2) is 23.3 Å². The van der Waals surface area contributed by atoms with Crippen LogP contribution < -0.4 is 0 Å². The quantitative estimate of drug-likeness (QED) is 0.290. The molecule has 0 bridgehead atoms. The van der Waals surface area contributed by atoms with E-state index in [-0.39, 0.29) is 5.97 Å². The van der Waals surface area contributed by atoms with E-state index in [1.54, 1.807) is 0 Å². The molecule has 3 nitrogen and oxygen atoms in total. The Labute approximate surface area is 195 Å². The monoisotopic (exact) mass is 445 g/mol. The Bertz CT molecular complexity index is 1040. The zero-order valence-electron chi connectivity index (χ0n) is 18.7. The number of aliphatic imine (C=N–C) groups is 1. The van der Waals surface area contributed by atoms with Crippen molar-refractivity contribution in [1.82, 2.24) is 0 Å². The molecular formula is C28H28ClNO2. The van der Waals surface area contributed by atoms with Crippen molar-refractivity contribution in [3.05, 3.63) is 113 Å². The highest BCUT2D eigenvalue weighted by Crippen LogP contribution is 2.20. The molecule has 0 amide bonds. The lowest BCUT2D eigenvalue weighted by Crippen LogP contribution is -2.31. The largest absolute Gasteiger partial charge is 0.458 e. The number of ether oxygens (including phenoxy) is 1. The van der Waals surface area contributed by atoms with Crippen LogP contribution >= 0.6 is 11.6 Å². The van der Waals surface area contributed by atoms with Crippen LogP contribution in [0.5, 0.6) is 0 Å². The van der Waals surface area contributed by atoms with Gasteiger partial charge in [0.25, 0.3) is 0 Å². The van der Waals surface area contributed by atoms with Crippen LogP contribution in [0.2, 0.25) is 5.02 Å². The van der Waals surface area contributed by atoms with Gasteiger partial charge in [-0.05, 0) is 38.8 Å². The number of rotatable bonds is 7. The summed E-state index contributed by atoms with van der Waals surface area (Å²) in [6.07, 6.45) is 4.23. The second-order valence-electron chi connectivity index (χ2n) is 8.42. The third kappa shape index (κ3) is 6.93. The summed E-state index contributed by atoms with van der Waals surface area (Å²) in [6, 6.07) is 26.7. The Balaban J connectivity index is 1.98. The number of nitrogens with zero attached hydrogens (tertiary/aromatic N) is 1. The molecule has 164 valence electrons. The predicted octanol–water partition coefficient (Wildman–Crippen LogP) is 6.99. The van der Waals surface area contributed by atoms with E-state index >= 15 is 0 Å². The van der Waals surface area contributed by atoms with Crippen LogP contribution in [0.1, 0.15) is 43.9 Å². The first-order valence-corrected chi connectivity index (χ1v) is 11.0. The van der Waals surface area contributed by atoms with E-state index in [0.29, 0.717) is 11.4 Å². The van der Waals surface area contributed by atoms with Gasteiger partial charge in [-0.1, -0.05) is 103 Å². The standard InChI is InChI=1S/C28H28ClNO2/c1-28(2,3)32-27(31)25(20-12-18-21-13-10-11-19-24(21)29)30-26(22-14-6-4-7-15-22)23-16-8-5-9-17-23/h4-19,25H,20H2,1-3H3/b18-12+/t25-/m0/s1. The molecule has 0 N–H and O–H groups in total. The van der Waals surface area contributed by atoms with Gasteiger partial charge in [0.05, 0.1) is 5.71 Å². The fraction of sp³-hybridized carbons (Fsp3) is 0.214. The fourth-order valence-corrected chi connectivity index (χ4v) is 3.37. The number of carbonyl (C=O) groups is 1. The van der Waals surface area contributed by atoms with Gasteiger partial charge in [-0.15, -0.1) is 0 Å². The van der Waals surface area contributed by atoms with Gasteiger partial charge in [0.1, 0.15) is 5.60 Å². The number of benzene rings is 3. The van der Waals surface area contributed by atoms with Crippen LogP contribution in [0, 0.1) is 0 Å². The highest BCUT2D eigenvalue weighted by Gasteiger charge is 2.25. The van der Waals surface area contributed by atoms with Gasteiger partial charge in [0.2, 0.25) is 0 Å². The Hall–Kier alpha value is -3.17. The lowest BCUT2D eigenvalue weighted by Gasteiger charge is -2.22. The van der Waals surface area contributed by atoms with E-state index in [9.17, 15) is 4.79 Å². The molecule has 0 heterocycles. The molecule has 0 saturated carbocycles. The van der Waals surface area contributed by atoms with Crippen LogP contribution in [0.25, 0.3) is 6.08 Å². The molecule has 3 aromatic carbocycles. The molecule has 3 rings (SSSR count). The van der Waals surface area contributed by atoms with Crippen molar-refractivity contribution in [3.63, 3.8) is 0 Å². The third-order valence-corrected chi connectivity index (χ3v) is 4.96. The molecular weight excluding hydrogens is 418 g/mol. The molecule has 0 aliphatic carbocycles. The second-order valence-corrected chi connectivity index (χ2v) is 8.83. The van der Waals surface area contributed by atoms with Crippen LogP contribution in [0.3, 0.4) is 0 Å². The Morgan fingerprint density at radius 1 is 0.906 bits per heavy atom. The topological polar surface area (TPSA) is 38.7 Å². The summed E-state index contributed by atoms with van der Waals surface area (Å²) in [6.45, 7) is 5.58. The normalized spacial score (nSPS) is 12.4. The van der Waals surface area contributed by atoms with E-state index in [0.717, 1.165) is 22.4 Å². The number of halogens is 1. The first-order valence-electron chi connectivity index (χ1n) is 10.7. The minimum absolute atomic E-state index is 0.356. The van der Waals surface area contributed by atoms with E-state index in [2.05, 4.69) is 0 Å². The molecule has 0 aromatic heterocycles. The number of hydrogen-bond donors (Lipinski definition) is 0. The van der Waals surface area contributed by atoms with Crippen molar-refractivity contribution in [1.29, 1.82) is 0 Å². The Morgan fingerprint density at radius 2 is 1.44 bits per heavy atom. The third-order valence-electron chi connectivity index (χ3n) is 4.62. The second kappa shape index (κ2) is 10.9. The molecule has 32 heavy (non-hydrogen) atoms. The molecule has 4 heteroatoms. The van der Waals surface area contributed by atoms with Gasteiger partial charge in [-0.2, -0.15) is 0 Å². The van der Waals surface area contributed by atoms with Crippen LogP contribution in [0.15, 0.2) is 96.0 Å². The van der Waals surface area contributed by atoms with Gasteiger partial charge in [0.15, 0.2) is 6.04 Å². The zero-order chi connectivity index (χ0) is 23.0. The first kappa shape index (κ1) is 23.5. The van der Waals surface area contributed by atoms with Crippen molar-refractivity contribution < 1.29 is 9.53 Å². The van der Waals surface area contributed by atoms with Gasteiger partial charge in [-0.3, -0.25) is 4.99 Å². The minimum atomic E-state index is -0.691. The van der Waals surface area contributed by atoms with E-state index in [4.69, 9.17) is 21.3 Å². The summed E-state index contributed by atoms with van der Waals surface area (Å²) < 4.78 is 5.69. The molecule has 0 unspecified atom stereocenters. The average Bonchev–Trinajstić information content (AvgIpc) is 2.77. The van der Waals surface area contributed by atoms with Gasteiger partial charge in [-0.25, -0.2) is 4.79 Å². The maximum atomic E-state index is 13.1. The van der Waals surface area contributed by atoms with Gasteiger partial charge >= 0.3 is 5.97 Å². The predicted molar refractivity (Wildman–Crippen MR) is 133 cm³/mol. The number of carbonyl (C=O) groups excluding carboxylic acids is 1. The molecule has 0 radical (unpaired) electrons. The van der Waals surface area contributed by atoms with Crippen molar-refractivity contribution in [2.24, 2.45) is 4.99 Å². The maximum Gasteiger partial charge on any atom is 0.331 e. The summed E-state index contributed by atoms with van der Waals surface area (Å²) in [5.41, 5.74) is 2.95. The first-order chi connectivity index (χ1) is 15.3. The van der Waals surface area contributed by atoms with Gasteiger partial charge < -0.3 is 4.74 Å². The molecule has 0 saturated heterocycles. The van der Waals surface area contributed by atoms with Crippen molar-refractivity contribution in [2.45, 2.75) is 38.8 Å². The zero-order valence-corrected chi connectivity index (χ0v) is 19.4. The lowest BCUT2D eigenvalue weighted by molar-refractivity contribution is -0.156. The lowest BCUT2D eigenvalue weighted by atomic mass is 10.0. The van der Waals surface area contributed by atoms with Crippen LogP contribution in [0.4, 0.5) is 0 Å². The fourth-order valence-electron chi connectivity index (χ4n) is 3.17. The molecule has 1 atom stereocenters. The Kier molecular flexibility index (Phi) is 8.02. The number of hydrogen-bond acceptors (Lipinski definition) is 3. The SMILES string of the molecule is CC(C)(C)OC(=O)[C@H](C/C=C/c1ccccc1Cl)N=C(c1ccccc1)c1ccccc1. The molecule has 0 fully saturated rings. The smallest absolute Gasteiger partial charge is 0.331 e. The average molecular weight is 446 g/mol. The number of esters is 1.